The first-order valence-electron chi connectivity index (χ1n) is 7.77. The normalized spacial score (nSPS) is 11.1. The van der Waals surface area contributed by atoms with Gasteiger partial charge in [-0.1, -0.05) is 19.1 Å². The lowest BCUT2D eigenvalue weighted by molar-refractivity contribution is 0.288. The van der Waals surface area contributed by atoms with E-state index in [2.05, 4.69) is 56.1 Å². The van der Waals surface area contributed by atoms with Crippen molar-refractivity contribution in [2.24, 2.45) is 0 Å². The Kier molecular flexibility index (Phi) is 7.63. The third-order valence-corrected chi connectivity index (χ3v) is 3.51. The van der Waals surface area contributed by atoms with Crippen molar-refractivity contribution >= 4 is 5.69 Å². The van der Waals surface area contributed by atoms with Gasteiger partial charge in [0.2, 0.25) is 0 Å². The van der Waals surface area contributed by atoms with E-state index in [1.807, 2.05) is 0 Å². The average Bonchev–Trinajstić information content (AvgIpc) is 2.41. The summed E-state index contributed by atoms with van der Waals surface area (Å²) in [5.41, 5.74) is 3.94. The molecule has 3 heteroatoms. The van der Waals surface area contributed by atoms with E-state index in [9.17, 15) is 0 Å². The zero-order valence-corrected chi connectivity index (χ0v) is 13.4. The first-order chi connectivity index (χ1) is 9.60. The molecule has 0 heterocycles. The van der Waals surface area contributed by atoms with Crippen molar-refractivity contribution < 1.29 is 5.11 Å². The zero-order valence-electron chi connectivity index (χ0n) is 13.4. The number of aliphatic hydroxyl groups excluding tert-OH is 1. The summed E-state index contributed by atoms with van der Waals surface area (Å²) in [5.74, 6) is 0. The molecule has 3 nitrogen and oxygen atoms in total. The maximum Gasteiger partial charge on any atom is 0.0447 e. The second kappa shape index (κ2) is 8.98. The number of hydrogen-bond acceptors (Lipinski definition) is 3. The number of benzene rings is 1. The lowest BCUT2D eigenvalue weighted by Crippen LogP contribution is -2.32. The number of anilines is 1. The largest absolute Gasteiger partial charge is 0.396 e. The first-order valence-corrected chi connectivity index (χ1v) is 7.77. The molecule has 0 spiro atoms. The van der Waals surface area contributed by atoms with Crippen molar-refractivity contribution in [2.45, 2.75) is 53.1 Å². The second-order valence-electron chi connectivity index (χ2n) is 5.66. The monoisotopic (exact) mass is 278 g/mol. The van der Waals surface area contributed by atoms with E-state index >= 15 is 0 Å². The van der Waals surface area contributed by atoms with Crippen LogP contribution in [0.5, 0.6) is 0 Å². The van der Waals surface area contributed by atoms with E-state index < -0.39 is 0 Å². The van der Waals surface area contributed by atoms with Crippen LogP contribution in [0.25, 0.3) is 0 Å². The van der Waals surface area contributed by atoms with Crippen molar-refractivity contribution in [1.82, 2.24) is 5.32 Å². The van der Waals surface area contributed by atoms with Gasteiger partial charge in [0.05, 0.1) is 0 Å². The van der Waals surface area contributed by atoms with Crippen LogP contribution < -0.4 is 10.2 Å². The Morgan fingerprint density at radius 3 is 2.60 bits per heavy atom. The fourth-order valence-corrected chi connectivity index (χ4v) is 2.46. The number of nitrogens with zero attached hydrogens (tertiary/aromatic N) is 1. The molecule has 0 aliphatic carbocycles. The van der Waals surface area contributed by atoms with Gasteiger partial charge in [-0.25, -0.2) is 0 Å². The minimum Gasteiger partial charge on any atom is -0.396 e. The van der Waals surface area contributed by atoms with E-state index in [0.29, 0.717) is 6.04 Å². The molecule has 1 rings (SSSR count). The summed E-state index contributed by atoms with van der Waals surface area (Å²) in [6, 6.07) is 7.14. The molecule has 0 aromatic heterocycles. The first kappa shape index (κ1) is 17.0. The predicted octanol–water partition coefficient (Wildman–Crippen LogP) is 3.09. The van der Waals surface area contributed by atoms with Gasteiger partial charge in [-0.15, -0.1) is 0 Å². The minimum atomic E-state index is 0.251. The van der Waals surface area contributed by atoms with Crippen molar-refractivity contribution in [2.75, 3.05) is 24.6 Å². The Labute approximate surface area is 124 Å². The molecule has 20 heavy (non-hydrogen) atoms. The number of aryl methyl sites for hydroxylation is 1. The summed E-state index contributed by atoms with van der Waals surface area (Å²) in [6.45, 7) is 11.9. The van der Waals surface area contributed by atoms with Gasteiger partial charge >= 0.3 is 0 Å². The molecule has 0 unspecified atom stereocenters. The SMILES string of the molecule is CCCNCc1ccc(N(CCCO)C(C)C)c(C)c1. The van der Waals surface area contributed by atoms with Gasteiger partial charge in [0.1, 0.15) is 0 Å². The smallest absolute Gasteiger partial charge is 0.0447 e. The summed E-state index contributed by atoms with van der Waals surface area (Å²) >= 11 is 0. The Morgan fingerprint density at radius 1 is 1.30 bits per heavy atom. The Morgan fingerprint density at radius 2 is 2.05 bits per heavy atom. The van der Waals surface area contributed by atoms with Crippen LogP contribution in [-0.4, -0.2) is 30.8 Å². The third kappa shape index (κ3) is 5.14. The van der Waals surface area contributed by atoms with Crippen LogP contribution in [0.1, 0.15) is 44.7 Å². The quantitative estimate of drug-likeness (QED) is 0.681. The highest BCUT2D eigenvalue weighted by molar-refractivity contribution is 5.55. The average molecular weight is 278 g/mol. The number of rotatable bonds is 9. The van der Waals surface area contributed by atoms with E-state index in [1.54, 1.807) is 0 Å². The van der Waals surface area contributed by atoms with Crippen LogP contribution in [0.4, 0.5) is 5.69 Å². The van der Waals surface area contributed by atoms with Gasteiger partial charge in [-0.2, -0.15) is 0 Å². The van der Waals surface area contributed by atoms with Crippen molar-refractivity contribution in [3.05, 3.63) is 29.3 Å². The second-order valence-corrected chi connectivity index (χ2v) is 5.66. The highest BCUT2D eigenvalue weighted by atomic mass is 16.3. The maximum absolute atomic E-state index is 9.04. The molecule has 0 aliphatic heterocycles. The Balaban J connectivity index is 2.78. The molecular formula is C17H30N2O. The van der Waals surface area contributed by atoms with E-state index in [1.165, 1.54) is 23.2 Å². The van der Waals surface area contributed by atoms with E-state index in [4.69, 9.17) is 5.11 Å². The van der Waals surface area contributed by atoms with Crippen LogP contribution in [0.3, 0.4) is 0 Å². The fourth-order valence-electron chi connectivity index (χ4n) is 2.46. The van der Waals surface area contributed by atoms with Crippen LogP contribution in [0.2, 0.25) is 0 Å². The van der Waals surface area contributed by atoms with Gasteiger partial charge in [0, 0.05) is 31.4 Å². The lowest BCUT2D eigenvalue weighted by Gasteiger charge is -2.30. The molecule has 1 aromatic carbocycles. The molecule has 0 atom stereocenters. The van der Waals surface area contributed by atoms with Crippen LogP contribution in [-0.2, 0) is 6.54 Å². The third-order valence-electron chi connectivity index (χ3n) is 3.51. The molecular weight excluding hydrogens is 248 g/mol. The summed E-state index contributed by atoms with van der Waals surface area (Å²) < 4.78 is 0. The maximum atomic E-state index is 9.04. The molecule has 114 valence electrons. The van der Waals surface area contributed by atoms with Crippen molar-refractivity contribution in [3.63, 3.8) is 0 Å². The van der Waals surface area contributed by atoms with Gasteiger partial charge in [-0.3, -0.25) is 0 Å². The predicted molar refractivity (Wildman–Crippen MR) is 87.4 cm³/mol. The molecule has 0 fully saturated rings. The number of hydrogen-bond donors (Lipinski definition) is 2. The Hall–Kier alpha value is -1.06. The highest BCUT2D eigenvalue weighted by Crippen LogP contribution is 2.23. The standard InChI is InChI=1S/C17H30N2O/c1-5-9-18-13-16-7-8-17(15(4)12-16)19(14(2)3)10-6-11-20/h7-8,12,14,18,20H,5-6,9-11,13H2,1-4H3. The molecule has 0 saturated heterocycles. The van der Waals surface area contributed by atoms with Gasteiger partial charge in [0.25, 0.3) is 0 Å². The Bertz CT molecular complexity index is 391. The molecule has 0 amide bonds. The topological polar surface area (TPSA) is 35.5 Å². The van der Waals surface area contributed by atoms with Crippen molar-refractivity contribution in [3.8, 4) is 0 Å². The molecule has 0 bridgehead atoms. The summed E-state index contributed by atoms with van der Waals surface area (Å²) in [7, 11) is 0. The van der Waals surface area contributed by atoms with Gasteiger partial charge in [0.15, 0.2) is 0 Å². The van der Waals surface area contributed by atoms with Gasteiger partial charge in [-0.05, 0) is 57.4 Å². The minimum absolute atomic E-state index is 0.251. The molecule has 0 radical (unpaired) electrons. The highest BCUT2D eigenvalue weighted by Gasteiger charge is 2.12. The van der Waals surface area contributed by atoms with Gasteiger partial charge < -0.3 is 15.3 Å². The summed E-state index contributed by atoms with van der Waals surface area (Å²) in [5, 5.41) is 12.5. The molecule has 1 aromatic rings. The van der Waals surface area contributed by atoms with Crippen molar-refractivity contribution in [1.29, 1.82) is 0 Å². The van der Waals surface area contributed by atoms with Crippen LogP contribution >= 0.6 is 0 Å². The van der Waals surface area contributed by atoms with E-state index in [-0.39, 0.29) is 6.61 Å². The molecule has 0 aliphatic rings. The van der Waals surface area contributed by atoms with Crippen LogP contribution in [0, 0.1) is 6.92 Å². The summed E-state index contributed by atoms with van der Waals surface area (Å²) in [6.07, 6.45) is 1.98. The lowest BCUT2D eigenvalue weighted by atomic mass is 10.1. The number of aliphatic hydroxyl groups is 1. The fraction of sp³-hybridized carbons (Fsp3) is 0.647. The number of nitrogens with one attached hydrogen (secondary N) is 1. The van der Waals surface area contributed by atoms with E-state index in [0.717, 1.165) is 26.1 Å². The molecule has 0 saturated carbocycles. The van der Waals surface area contributed by atoms with Crippen LogP contribution in [0.15, 0.2) is 18.2 Å². The molecule has 2 N–H and O–H groups in total. The zero-order chi connectivity index (χ0) is 15.0. The summed E-state index contributed by atoms with van der Waals surface area (Å²) in [4.78, 5) is 2.37.